The van der Waals surface area contributed by atoms with Gasteiger partial charge in [0.1, 0.15) is 0 Å². The molecule has 1 aliphatic rings. The second-order valence-electron chi connectivity index (χ2n) is 5.39. The first-order valence-electron chi connectivity index (χ1n) is 6.83. The van der Waals surface area contributed by atoms with Crippen LogP contribution in [0.5, 0.6) is 0 Å². The summed E-state index contributed by atoms with van der Waals surface area (Å²) in [6.45, 7) is 6.32. The second-order valence-corrected chi connectivity index (χ2v) is 5.82. The average molecular weight is 278 g/mol. The average Bonchev–Trinajstić information content (AvgIpc) is 2.83. The summed E-state index contributed by atoms with van der Waals surface area (Å²) in [5.74, 6) is 0.742. The molecule has 0 saturated carbocycles. The van der Waals surface area contributed by atoms with Crippen molar-refractivity contribution >= 4 is 17.4 Å². The van der Waals surface area contributed by atoms with Gasteiger partial charge in [0.25, 0.3) is 0 Å². The summed E-state index contributed by atoms with van der Waals surface area (Å²) in [7, 11) is 0. The highest BCUT2D eigenvalue weighted by atomic mass is 35.5. The predicted molar refractivity (Wildman–Crippen MR) is 79.5 cm³/mol. The van der Waals surface area contributed by atoms with E-state index in [4.69, 9.17) is 11.6 Å². The molecular formula is C16H20ClNO. The lowest BCUT2D eigenvalue weighted by atomic mass is 10.1. The van der Waals surface area contributed by atoms with E-state index in [-0.39, 0.29) is 5.78 Å². The molecule has 0 saturated heterocycles. The van der Waals surface area contributed by atoms with Crippen LogP contribution < -0.4 is 0 Å². The molecule has 0 fully saturated rings. The van der Waals surface area contributed by atoms with E-state index in [1.807, 2.05) is 18.2 Å². The van der Waals surface area contributed by atoms with Crippen molar-refractivity contribution in [1.82, 2.24) is 4.90 Å². The van der Waals surface area contributed by atoms with E-state index in [9.17, 15) is 4.79 Å². The summed E-state index contributed by atoms with van der Waals surface area (Å²) >= 11 is 5.95. The van der Waals surface area contributed by atoms with Crippen molar-refractivity contribution in [2.45, 2.75) is 26.7 Å². The predicted octanol–water partition coefficient (Wildman–Crippen LogP) is 4.16. The molecule has 0 N–H and O–H groups in total. The van der Waals surface area contributed by atoms with E-state index in [1.165, 1.54) is 0 Å². The van der Waals surface area contributed by atoms with Crippen LogP contribution >= 0.6 is 11.6 Å². The molecule has 0 unspecified atom stereocenters. The van der Waals surface area contributed by atoms with Crippen LogP contribution in [0.25, 0.3) is 0 Å². The first-order chi connectivity index (χ1) is 9.08. The van der Waals surface area contributed by atoms with Crippen molar-refractivity contribution in [3.8, 4) is 0 Å². The number of benzene rings is 1. The Balaban J connectivity index is 2.10. The molecule has 1 aromatic rings. The fraction of sp³-hybridized carbons (Fsp3) is 0.438. The standard InChI is InChI=1S/C16H20ClNO/c1-12(2)8-10-18-9-4-7-15(18)16(19)13-5-3-6-14(17)11-13/h3,5-7,11-12H,4,8-10H2,1-2H3. The Morgan fingerprint density at radius 1 is 1.42 bits per heavy atom. The van der Waals surface area contributed by atoms with Gasteiger partial charge in [0.05, 0.1) is 5.70 Å². The number of allylic oxidation sites excluding steroid dienone is 1. The van der Waals surface area contributed by atoms with Crippen LogP contribution in [-0.4, -0.2) is 23.8 Å². The largest absolute Gasteiger partial charge is 0.368 e. The maximum Gasteiger partial charge on any atom is 0.208 e. The van der Waals surface area contributed by atoms with Crippen molar-refractivity contribution in [1.29, 1.82) is 0 Å². The van der Waals surface area contributed by atoms with Gasteiger partial charge in [0, 0.05) is 23.7 Å². The zero-order valence-corrected chi connectivity index (χ0v) is 12.3. The van der Waals surface area contributed by atoms with Gasteiger partial charge in [-0.15, -0.1) is 0 Å². The Morgan fingerprint density at radius 2 is 2.21 bits per heavy atom. The molecule has 19 heavy (non-hydrogen) atoms. The Bertz CT molecular complexity index is 493. The van der Waals surface area contributed by atoms with Crippen molar-refractivity contribution in [3.05, 3.63) is 46.6 Å². The van der Waals surface area contributed by atoms with Gasteiger partial charge in [-0.1, -0.05) is 43.7 Å². The molecule has 0 aliphatic carbocycles. The van der Waals surface area contributed by atoms with Gasteiger partial charge >= 0.3 is 0 Å². The zero-order valence-electron chi connectivity index (χ0n) is 11.5. The van der Waals surface area contributed by atoms with E-state index in [0.29, 0.717) is 16.5 Å². The molecular weight excluding hydrogens is 258 g/mol. The number of ketones is 1. The van der Waals surface area contributed by atoms with Crippen molar-refractivity contribution in [2.75, 3.05) is 13.1 Å². The minimum atomic E-state index is 0.0868. The quantitative estimate of drug-likeness (QED) is 0.753. The van der Waals surface area contributed by atoms with E-state index < -0.39 is 0 Å². The third-order valence-corrected chi connectivity index (χ3v) is 3.61. The van der Waals surface area contributed by atoms with Crippen molar-refractivity contribution < 1.29 is 4.79 Å². The summed E-state index contributed by atoms with van der Waals surface area (Å²) in [6, 6.07) is 7.18. The summed E-state index contributed by atoms with van der Waals surface area (Å²) in [5, 5.41) is 0.609. The SMILES string of the molecule is CC(C)CCN1CCC=C1C(=O)c1cccc(Cl)c1. The molecule has 0 bridgehead atoms. The first kappa shape index (κ1) is 14.1. The molecule has 1 heterocycles. The van der Waals surface area contributed by atoms with Gasteiger partial charge in [-0.05, 0) is 30.9 Å². The number of carbonyl (C=O) groups is 1. The maximum atomic E-state index is 12.5. The lowest BCUT2D eigenvalue weighted by Gasteiger charge is -2.22. The Morgan fingerprint density at radius 3 is 2.89 bits per heavy atom. The molecule has 1 aromatic carbocycles. The highest BCUT2D eigenvalue weighted by molar-refractivity contribution is 6.31. The summed E-state index contributed by atoms with van der Waals surface area (Å²) in [4.78, 5) is 14.7. The van der Waals surface area contributed by atoms with Crippen molar-refractivity contribution in [2.24, 2.45) is 5.92 Å². The minimum absolute atomic E-state index is 0.0868. The smallest absolute Gasteiger partial charge is 0.208 e. The van der Waals surface area contributed by atoms with Crippen LogP contribution in [0.15, 0.2) is 36.0 Å². The Hall–Kier alpha value is -1.28. The van der Waals surface area contributed by atoms with Gasteiger partial charge in [-0.2, -0.15) is 0 Å². The van der Waals surface area contributed by atoms with Crippen LogP contribution in [0.3, 0.4) is 0 Å². The number of carbonyl (C=O) groups excluding carboxylic acids is 1. The van der Waals surface area contributed by atoms with E-state index in [1.54, 1.807) is 12.1 Å². The molecule has 3 heteroatoms. The number of hydrogen-bond donors (Lipinski definition) is 0. The zero-order chi connectivity index (χ0) is 13.8. The summed E-state index contributed by atoms with van der Waals surface area (Å²) < 4.78 is 0. The molecule has 1 aliphatic heterocycles. The van der Waals surface area contributed by atoms with Crippen LogP contribution in [0.1, 0.15) is 37.0 Å². The lowest BCUT2D eigenvalue weighted by molar-refractivity contribution is 0.0995. The fourth-order valence-electron chi connectivity index (χ4n) is 2.27. The third kappa shape index (κ3) is 3.60. The number of Topliss-reactive ketones (excluding diaryl/α,β-unsaturated/α-hetero) is 1. The molecule has 0 atom stereocenters. The van der Waals surface area contributed by atoms with E-state index in [0.717, 1.165) is 31.6 Å². The molecule has 2 rings (SSSR count). The lowest BCUT2D eigenvalue weighted by Crippen LogP contribution is -2.26. The fourth-order valence-corrected chi connectivity index (χ4v) is 2.46. The normalized spacial score (nSPS) is 14.9. The number of rotatable bonds is 5. The van der Waals surface area contributed by atoms with Gasteiger partial charge in [0.15, 0.2) is 0 Å². The molecule has 0 radical (unpaired) electrons. The highest BCUT2D eigenvalue weighted by Crippen LogP contribution is 2.22. The molecule has 0 aromatic heterocycles. The first-order valence-corrected chi connectivity index (χ1v) is 7.21. The van der Waals surface area contributed by atoms with Gasteiger partial charge in [-0.25, -0.2) is 0 Å². The molecule has 2 nitrogen and oxygen atoms in total. The molecule has 0 amide bonds. The van der Waals surface area contributed by atoms with Gasteiger partial charge in [0.2, 0.25) is 5.78 Å². The van der Waals surface area contributed by atoms with Crippen molar-refractivity contribution in [3.63, 3.8) is 0 Å². The number of nitrogens with zero attached hydrogens (tertiary/aromatic N) is 1. The maximum absolute atomic E-state index is 12.5. The van der Waals surface area contributed by atoms with E-state index >= 15 is 0 Å². The van der Waals surface area contributed by atoms with E-state index in [2.05, 4.69) is 18.7 Å². The minimum Gasteiger partial charge on any atom is -0.368 e. The van der Waals surface area contributed by atoms with Gasteiger partial charge in [-0.3, -0.25) is 4.79 Å². The number of halogens is 1. The van der Waals surface area contributed by atoms with Crippen LogP contribution in [0.2, 0.25) is 5.02 Å². The molecule has 0 spiro atoms. The third-order valence-electron chi connectivity index (χ3n) is 3.37. The monoisotopic (exact) mass is 277 g/mol. The molecule has 102 valence electrons. The van der Waals surface area contributed by atoms with Crippen LogP contribution in [-0.2, 0) is 0 Å². The van der Waals surface area contributed by atoms with Gasteiger partial charge < -0.3 is 4.90 Å². The summed E-state index contributed by atoms with van der Waals surface area (Å²) in [6.07, 6.45) is 4.11. The van der Waals surface area contributed by atoms with Crippen LogP contribution in [0, 0.1) is 5.92 Å². The topological polar surface area (TPSA) is 20.3 Å². The highest BCUT2D eigenvalue weighted by Gasteiger charge is 2.22. The summed E-state index contributed by atoms with van der Waals surface area (Å²) in [5.41, 5.74) is 1.51. The Kier molecular flexibility index (Phi) is 4.65. The number of hydrogen-bond acceptors (Lipinski definition) is 2. The van der Waals surface area contributed by atoms with Crippen LogP contribution in [0.4, 0.5) is 0 Å². The second kappa shape index (κ2) is 6.25. The Labute approximate surface area is 120 Å².